The first kappa shape index (κ1) is 9.84. The molecule has 1 aromatic carbocycles. The lowest BCUT2D eigenvalue weighted by Crippen LogP contribution is -1.85. The second-order valence-corrected chi connectivity index (χ2v) is 3.98. The van der Waals surface area contributed by atoms with Crippen LogP contribution in [0.25, 0.3) is 22.7 Å². The number of hydrogen-bond donors (Lipinski definition) is 1. The third-order valence-corrected chi connectivity index (χ3v) is 2.53. The first-order valence-electron chi connectivity index (χ1n) is 5.31. The number of nitrogens with two attached hydrogens (primary N) is 1. The highest BCUT2D eigenvalue weighted by Crippen LogP contribution is 2.24. The van der Waals surface area contributed by atoms with Crippen LogP contribution in [0.4, 0.5) is 5.69 Å². The van der Waals surface area contributed by atoms with E-state index in [4.69, 9.17) is 10.2 Å². The first-order chi connectivity index (χ1) is 8.22. The van der Waals surface area contributed by atoms with Gasteiger partial charge >= 0.3 is 0 Å². The second kappa shape index (κ2) is 3.59. The van der Waals surface area contributed by atoms with Gasteiger partial charge in [-0.15, -0.1) is 0 Å². The van der Waals surface area contributed by atoms with Crippen molar-refractivity contribution >= 4 is 16.9 Å². The molecule has 0 aliphatic rings. The second-order valence-electron chi connectivity index (χ2n) is 3.98. The van der Waals surface area contributed by atoms with E-state index < -0.39 is 0 Å². The minimum Gasteiger partial charge on any atom is -0.434 e. The molecule has 4 heteroatoms. The zero-order chi connectivity index (χ0) is 11.8. The van der Waals surface area contributed by atoms with Crippen molar-refractivity contribution in [3.05, 3.63) is 42.1 Å². The molecule has 2 N–H and O–H groups in total. The van der Waals surface area contributed by atoms with Crippen molar-refractivity contribution in [1.29, 1.82) is 0 Å². The van der Waals surface area contributed by atoms with Gasteiger partial charge in [-0.3, -0.25) is 0 Å². The number of nitrogens with zero attached hydrogens (tertiary/aromatic N) is 2. The summed E-state index contributed by atoms with van der Waals surface area (Å²) in [6.07, 6.45) is 1.57. The van der Waals surface area contributed by atoms with Gasteiger partial charge in [0.1, 0.15) is 0 Å². The smallest absolute Gasteiger partial charge is 0.228 e. The van der Waals surface area contributed by atoms with Crippen LogP contribution in [0, 0.1) is 6.92 Å². The zero-order valence-electron chi connectivity index (χ0n) is 9.34. The van der Waals surface area contributed by atoms with Gasteiger partial charge in [-0.1, -0.05) is 17.7 Å². The van der Waals surface area contributed by atoms with Gasteiger partial charge < -0.3 is 10.2 Å². The van der Waals surface area contributed by atoms with Crippen LogP contribution in [0.2, 0.25) is 0 Å². The van der Waals surface area contributed by atoms with E-state index in [0.717, 1.165) is 11.1 Å². The maximum absolute atomic E-state index is 5.65. The molecule has 0 unspecified atom stereocenters. The van der Waals surface area contributed by atoms with E-state index in [1.54, 1.807) is 12.3 Å². The Morgan fingerprint density at radius 1 is 1.24 bits per heavy atom. The molecule has 3 rings (SSSR count). The first-order valence-corrected chi connectivity index (χ1v) is 5.31. The summed E-state index contributed by atoms with van der Waals surface area (Å²) in [6.45, 7) is 2.03. The highest BCUT2D eigenvalue weighted by atomic mass is 16.3. The van der Waals surface area contributed by atoms with Gasteiger partial charge in [-0.25, -0.2) is 4.98 Å². The Morgan fingerprint density at radius 2 is 2.12 bits per heavy atom. The topological polar surface area (TPSA) is 64.9 Å². The molecule has 3 aromatic rings. The van der Waals surface area contributed by atoms with Crippen molar-refractivity contribution in [2.24, 2.45) is 0 Å². The fraction of sp³-hybridized carbons (Fsp3) is 0.0769. The Morgan fingerprint density at radius 3 is 2.94 bits per heavy atom. The summed E-state index contributed by atoms with van der Waals surface area (Å²) in [5.41, 5.74) is 9.52. The number of rotatable bonds is 1. The number of benzene rings is 1. The van der Waals surface area contributed by atoms with E-state index in [-0.39, 0.29) is 0 Å². The molecule has 0 atom stereocenters. The van der Waals surface area contributed by atoms with E-state index in [1.807, 2.05) is 31.2 Å². The number of aryl methyl sites for hydroxylation is 1. The lowest BCUT2D eigenvalue weighted by Gasteiger charge is -1.95. The van der Waals surface area contributed by atoms with Gasteiger partial charge in [0.2, 0.25) is 5.89 Å². The van der Waals surface area contributed by atoms with E-state index in [2.05, 4.69) is 9.97 Å². The van der Waals surface area contributed by atoms with Crippen molar-refractivity contribution in [3.63, 3.8) is 0 Å². The summed E-state index contributed by atoms with van der Waals surface area (Å²) in [7, 11) is 0. The van der Waals surface area contributed by atoms with Crippen LogP contribution in [-0.2, 0) is 0 Å². The Balaban J connectivity index is 2.18. The lowest BCUT2D eigenvalue weighted by atomic mass is 10.1. The maximum Gasteiger partial charge on any atom is 0.228 e. The van der Waals surface area contributed by atoms with Crippen molar-refractivity contribution in [1.82, 2.24) is 9.97 Å². The third kappa shape index (κ3) is 1.73. The van der Waals surface area contributed by atoms with Crippen LogP contribution in [0.15, 0.2) is 40.9 Å². The number of nitrogen functional groups attached to an aromatic ring is 1. The molecule has 0 fully saturated rings. The molecule has 4 nitrogen and oxygen atoms in total. The van der Waals surface area contributed by atoms with E-state index in [0.29, 0.717) is 22.8 Å². The quantitative estimate of drug-likeness (QED) is 0.691. The monoisotopic (exact) mass is 225 g/mol. The van der Waals surface area contributed by atoms with Crippen LogP contribution in [-0.4, -0.2) is 9.97 Å². The van der Waals surface area contributed by atoms with Crippen LogP contribution in [0.5, 0.6) is 0 Å². The highest BCUT2D eigenvalue weighted by Gasteiger charge is 2.09. The normalized spacial score (nSPS) is 10.9. The Hall–Kier alpha value is -2.36. The standard InChI is InChI=1S/C13H11N3O/c1-8-3-2-4-9(5-8)13-16-12-11(17-13)6-10(14)7-15-12/h2-7H,14H2,1H3. The van der Waals surface area contributed by atoms with E-state index in [1.165, 1.54) is 0 Å². The number of anilines is 1. The number of aromatic nitrogens is 2. The van der Waals surface area contributed by atoms with E-state index >= 15 is 0 Å². The molecule has 0 amide bonds. The largest absolute Gasteiger partial charge is 0.434 e. The van der Waals surface area contributed by atoms with E-state index in [9.17, 15) is 0 Å². The average molecular weight is 225 g/mol. The zero-order valence-corrected chi connectivity index (χ0v) is 9.34. The predicted octanol–water partition coefficient (Wildman–Crippen LogP) is 2.78. The SMILES string of the molecule is Cc1cccc(-c2nc3ncc(N)cc3o2)c1. The van der Waals surface area contributed by atoms with Gasteiger partial charge in [0.25, 0.3) is 0 Å². The highest BCUT2D eigenvalue weighted by molar-refractivity contribution is 5.75. The summed E-state index contributed by atoms with van der Waals surface area (Å²) in [5, 5.41) is 0. The molecule has 0 radical (unpaired) electrons. The summed E-state index contributed by atoms with van der Waals surface area (Å²) in [5.74, 6) is 0.571. The summed E-state index contributed by atoms with van der Waals surface area (Å²) in [4.78, 5) is 8.45. The number of fused-ring (bicyclic) bond motifs is 1. The van der Waals surface area contributed by atoms with Crippen LogP contribution < -0.4 is 5.73 Å². The molecule has 17 heavy (non-hydrogen) atoms. The van der Waals surface area contributed by atoms with Gasteiger partial charge in [0.05, 0.1) is 11.9 Å². The molecule has 0 aliphatic carbocycles. The van der Waals surface area contributed by atoms with Crippen molar-refractivity contribution in [2.75, 3.05) is 5.73 Å². The predicted molar refractivity (Wildman–Crippen MR) is 66.4 cm³/mol. The molecule has 84 valence electrons. The molecule has 2 aromatic heterocycles. The minimum atomic E-state index is 0.571. The van der Waals surface area contributed by atoms with Crippen LogP contribution in [0.3, 0.4) is 0 Å². The number of hydrogen-bond acceptors (Lipinski definition) is 4. The molecule has 0 spiro atoms. The lowest BCUT2D eigenvalue weighted by molar-refractivity contribution is 0.620. The third-order valence-electron chi connectivity index (χ3n) is 2.53. The maximum atomic E-state index is 5.65. The summed E-state index contributed by atoms with van der Waals surface area (Å²) < 4.78 is 5.64. The molecule has 0 aliphatic heterocycles. The molecule has 0 saturated carbocycles. The fourth-order valence-corrected chi connectivity index (χ4v) is 1.74. The van der Waals surface area contributed by atoms with Gasteiger partial charge in [-0.05, 0) is 19.1 Å². The summed E-state index contributed by atoms with van der Waals surface area (Å²) >= 11 is 0. The average Bonchev–Trinajstić information content (AvgIpc) is 2.72. The van der Waals surface area contributed by atoms with Crippen molar-refractivity contribution < 1.29 is 4.42 Å². The Kier molecular flexibility index (Phi) is 2.08. The number of oxazole rings is 1. The molecule has 0 bridgehead atoms. The van der Waals surface area contributed by atoms with Crippen molar-refractivity contribution in [3.8, 4) is 11.5 Å². The molecular formula is C13H11N3O. The van der Waals surface area contributed by atoms with Gasteiger partial charge in [0.15, 0.2) is 11.2 Å². The number of pyridine rings is 1. The molecule has 0 saturated heterocycles. The minimum absolute atomic E-state index is 0.571. The Labute approximate surface area is 98.1 Å². The molecular weight excluding hydrogens is 214 g/mol. The van der Waals surface area contributed by atoms with Gasteiger partial charge in [0, 0.05) is 11.6 Å². The summed E-state index contributed by atoms with van der Waals surface area (Å²) in [6, 6.07) is 9.72. The van der Waals surface area contributed by atoms with Crippen LogP contribution >= 0.6 is 0 Å². The fourth-order valence-electron chi connectivity index (χ4n) is 1.74. The van der Waals surface area contributed by atoms with Crippen LogP contribution in [0.1, 0.15) is 5.56 Å². The Bertz CT molecular complexity index is 688. The van der Waals surface area contributed by atoms with Gasteiger partial charge in [-0.2, -0.15) is 4.98 Å². The van der Waals surface area contributed by atoms with Crippen molar-refractivity contribution in [2.45, 2.75) is 6.92 Å². The molecule has 2 heterocycles.